The van der Waals surface area contributed by atoms with Crippen LogP contribution in [0.15, 0.2) is 174 Å². The normalized spacial score (nSPS) is 15.3. The number of nitrogens with zero attached hydrogens (tertiary/aromatic N) is 4. The summed E-state index contributed by atoms with van der Waals surface area (Å²) < 4.78 is 9.20. The molecule has 0 fully saturated rings. The molecule has 0 atom stereocenters. The topological polar surface area (TPSA) is 37.4 Å². The second-order valence-electron chi connectivity index (χ2n) is 19.5. The lowest BCUT2D eigenvalue weighted by Crippen LogP contribution is -2.60. The summed E-state index contributed by atoms with van der Waals surface area (Å²) in [6.07, 6.45) is 2.31. The molecular formula is C58H47BN4O. The number of hydrogen-bond donors (Lipinski definition) is 0. The van der Waals surface area contributed by atoms with Crippen molar-refractivity contribution in [2.45, 2.75) is 58.3 Å². The molecule has 8 aromatic carbocycles. The Morgan fingerprint density at radius 1 is 0.609 bits per heavy atom. The summed E-state index contributed by atoms with van der Waals surface area (Å²) in [6.45, 7) is 11.8. The maximum Gasteiger partial charge on any atom is 0.333 e. The number of fused-ring (bicyclic) bond motifs is 10. The van der Waals surface area contributed by atoms with E-state index in [9.17, 15) is 0 Å². The summed E-state index contributed by atoms with van der Waals surface area (Å²) in [5.74, 6) is 0.631. The van der Waals surface area contributed by atoms with Crippen LogP contribution in [0.5, 0.6) is 0 Å². The number of hydrogen-bond acceptors (Lipinski definition) is 4. The lowest BCUT2D eigenvalue weighted by atomic mass is 9.43. The molecule has 5 nitrogen and oxygen atoms in total. The number of oxazole rings is 1. The Labute approximate surface area is 374 Å². The van der Waals surface area contributed by atoms with Gasteiger partial charge in [0.05, 0.1) is 11.0 Å². The second kappa shape index (κ2) is 13.4. The van der Waals surface area contributed by atoms with Crippen molar-refractivity contribution in [2.24, 2.45) is 0 Å². The van der Waals surface area contributed by atoms with Gasteiger partial charge in [0.25, 0.3) is 0 Å². The molecule has 0 N–H and O–H groups in total. The molecule has 6 heteroatoms. The van der Waals surface area contributed by atoms with Gasteiger partial charge in [0.2, 0.25) is 5.89 Å². The van der Waals surface area contributed by atoms with Crippen molar-refractivity contribution in [2.75, 3.05) is 9.71 Å². The molecule has 0 bridgehead atoms. The van der Waals surface area contributed by atoms with Crippen molar-refractivity contribution < 1.29 is 4.42 Å². The number of anilines is 5. The van der Waals surface area contributed by atoms with Crippen LogP contribution >= 0.6 is 0 Å². The average molecular weight is 827 g/mol. The first-order valence-corrected chi connectivity index (χ1v) is 22.7. The van der Waals surface area contributed by atoms with E-state index < -0.39 is 0 Å². The zero-order valence-electron chi connectivity index (χ0n) is 36.9. The third kappa shape index (κ3) is 5.29. The van der Waals surface area contributed by atoms with E-state index in [1.807, 2.05) is 18.2 Å². The Hall–Kier alpha value is -7.31. The van der Waals surface area contributed by atoms with E-state index >= 15 is 0 Å². The Morgan fingerprint density at radius 2 is 1.28 bits per heavy atom. The predicted octanol–water partition coefficient (Wildman–Crippen LogP) is 14.0. The quantitative estimate of drug-likeness (QED) is 0.162. The minimum absolute atomic E-state index is 0.0264. The van der Waals surface area contributed by atoms with Gasteiger partial charge in [0.1, 0.15) is 5.52 Å². The monoisotopic (exact) mass is 826 g/mol. The Morgan fingerprint density at radius 3 is 2.02 bits per heavy atom. The molecule has 64 heavy (non-hydrogen) atoms. The van der Waals surface area contributed by atoms with Gasteiger partial charge in [0, 0.05) is 62.1 Å². The maximum atomic E-state index is 6.68. The van der Waals surface area contributed by atoms with Gasteiger partial charge in [-0.3, -0.25) is 0 Å². The van der Waals surface area contributed by atoms with Crippen molar-refractivity contribution >= 4 is 79.1 Å². The van der Waals surface area contributed by atoms with E-state index in [0.29, 0.717) is 5.89 Å². The SMILES string of the molecule is Cc1cc2c3c4c1c1ccccc1n4-c1cc4oc(-c5ccccc5)nc4cc1B3N(c1ccc3c(c1)C(C)(C)CCC3(C)C)c1cc(N(c3ccccc3)c3ccccc3)ccc1-2. The summed E-state index contributed by atoms with van der Waals surface area (Å²) >= 11 is 0. The molecular weight excluding hydrogens is 779 g/mol. The largest absolute Gasteiger partial charge is 0.436 e. The van der Waals surface area contributed by atoms with E-state index in [2.05, 4.69) is 201 Å². The highest BCUT2D eigenvalue weighted by atomic mass is 16.3. The maximum absolute atomic E-state index is 6.68. The van der Waals surface area contributed by atoms with Gasteiger partial charge in [-0.2, -0.15) is 0 Å². The van der Waals surface area contributed by atoms with Crippen LogP contribution in [0.2, 0.25) is 0 Å². The van der Waals surface area contributed by atoms with Crippen LogP contribution in [0.4, 0.5) is 28.4 Å². The average Bonchev–Trinajstić information content (AvgIpc) is 3.91. The fourth-order valence-corrected chi connectivity index (χ4v) is 11.5. The van der Waals surface area contributed by atoms with Crippen molar-refractivity contribution in [3.63, 3.8) is 0 Å². The first-order chi connectivity index (χ1) is 31.1. The van der Waals surface area contributed by atoms with Gasteiger partial charge in [-0.25, -0.2) is 4.98 Å². The van der Waals surface area contributed by atoms with Gasteiger partial charge in [-0.05, 0) is 137 Å². The Balaban J connectivity index is 1.15. The van der Waals surface area contributed by atoms with Crippen LogP contribution < -0.4 is 20.6 Å². The van der Waals surface area contributed by atoms with Crippen LogP contribution in [-0.2, 0) is 10.8 Å². The van der Waals surface area contributed by atoms with Crippen LogP contribution in [0.25, 0.3) is 61.2 Å². The number of aromatic nitrogens is 2. The highest BCUT2D eigenvalue weighted by molar-refractivity contribution is 6.94. The van der Waals surface area contributed by atoms with E-state index in [4.69, 9.17) is 9.40 Å². The molecule has 3 aliphatic rings. The molecule has 4 heterocycles. The molecule has 2 aliphatic heterocycles. The molecule has 2 aromatic heterocycles. The standard InChI is InChI=1S/C58H47BN4O/c1-36-31-44-42-27-25-40(61(38-19-11-7-12-20-38)39-21-13-8-14-22-39)33-50(42)63(41-26-28-45-46(32-41)58(4,5)30-29-57(45,2)3)59-47-34-48-52(64-56(60-48)37-17-9-6-10-18-37)35-51(47)62-49-24-16-15-23-43(49)53(36)55(62)54(44)59/h6-28,31-35H,29-30H2,1-5H3. The molecule has 0 unspecified atom stereocenters. The molecule has 0 amide bonds. The summed E-state index contributed by atoms with van der Waals surface area (Å²) in [5, 5.41) is 2.57. The summed E-state index contributed by atoms with van der Waals surface area (Å²) in [5.41, 5.74) is 21.2. The summed E-state index contributed by atoms with van der Waals surface area (Å²) in [7, 11) is 0. The lowest BCUT2D eigenvalue weighted by Gasteiger charge is -2.45. The molecule has 308 valence electrons. The van der Waals surface area contributed by atoms with Crippen LogP contribution in [0.3, 0.4) is 0 Å². The zero-order chi connectivity index (χ0) is 43.1. The van der Waals surface area contributed by atoms with Gasteiger partial charge in [0.15, 0.2) is 5.58 Å². The van der Waals surface area contributed by atoms with Crippen molar-refractivity contribution in [3.8, 4) is 28.3 Å². The van der Waals surface area contributed by atoms with Crippen LogP contribution in [0.1, 0.15) is 57.2 Å². The third-order valence-corrected chi connectivity index (χ3v) is 14.7. The van der Waals surface area contributed by atoms with Gasteiger partial charge in [-0.1, -0.05) is 119 Å². The summed E-state index contributed by atoms with van der Waals surface area (Å²) in [6, 6.07) is 62.3. The minimum Gasteiger partial charge on any atom is -0.436 e. The molecule has 0 spiro atoms. The van der Waals surface area contributed by atoms with Crippen molar-refractivity contribution in [3.05, 3.63) is 187 Å². The first kappa shape index (κ1) is 37.3. The molecule has 13 rings (SSSR count). The van der Waals surface area contributed by atoms with E-state index in [1.165, 1.54) is 78.3 Å². The molecule has 1 aliphatic carbocycles. The fourth-order valence-electron chi connectivity index (χ4n) is 11.5. The third-order valence-electron chi connectivity index (χ3n) is 14.7. The minimum atomic E-state index is -0.173. The van der Waals surface area contributed by atoms with Gasteiger partial charge in [-0.15, -0.1) is 0 Å². The Kier molecular flexibility index (Phi) is 7.78. The van der Waals surface area contributed by atoms with Crippen molar-refractivity contribution in [1.82, 2.24) is 9.55 Å². The van der Waals surface area contributed by atoms with Gasteiger partial charge < -0.3 is 18.7 Å². The van der Waals surface area contributed by atoms with E-state index in [1.54, 1.807) is 0 Å². The molecule has 0 saturated carbocycles. The van der Waals surface area contributed by atoms with Crippen LogP contribution in [-0.4, -0.2) is 16.4 Å². The van der Waals surface area contributed by atoms with Crippen molar-refractivity contribution in [1.29, 1.82) is 0 Å². The number of rotatable bonds is 5. The smallest absolute Gasteiger partial charge is 0.333 e. The number of benzene rings is 8. The molecule has 10 aromatic rings. The van der Waals surface area contributed by atoms with E-state index in [-0.39, 0.29) is 17.7 Å². The number of para-hydroxylation sites is 3. The van der Waals surface area contributed by atoms with Gasteiger partial charge >= 0.3 is 6.85 Å². The highest BCUT2D eigenvalue weighted by Crippen LogP contribution is 2.51. The highest BCUT2D eigenvalue weighted by Gasteiger charge is 2.46. The van der Waals surface area contributed by atoms with E-state index in [0.717, 1.165) is 45.8 Å². The number of aryl methyl sites for hydroxylation is 1. The predicted molar refractivity (Wildman–Crippen MR) is 268 cm³/mol. The fraction of sp³-hybridized carbons (Fsp3) is 0.155. The lowest BCUT2D eigenvalue weighted by molar-refractivity contribution is 0.332. The van der Waals surface area contributed by atoms with Crippen LogP contribution in [0, 0.1) is 6.92 Å². The molecule has 0 radical (unpaired) electrons. The first-order valence-electron chi connectivity index (χ1n) is 22.7. The zero-order valence-corrected chi connectivity index (χ0v) is 36.9. The molecule has 0 saturated heterocycles. The Bertz CT molecular complexity index is 3490. The second-order valence-corrected chi connectivity index (χ2v) is 19.5. The summed E-state index contributed by atoms with van der Waals surface area (Å²) in [4.78, 5) is 10.3.